The number of amides is 1. The van der Waals surface area contributed by atoms with Gasteiger partial charge in [0.1, 0.15) is 0 Å². The molecule has 1 saturated heterocycles. The predicted octanol–water partition coefficient (Wildman–Crippen LogP) is 2.66. The standard InChI is InChI=1S/C19H20N2O5S/c1-26-19(23)17-7-3-2-6-16(17)18(22)20-14-8-10-15(11-9-14)21-12-4-5-13-27(21,24)25/h2-3,6-11H,4-5,12-13H2,1H3,(H,20,22). The van der Waals surface area contributed by atoms with Crippen LogP contribution in [0.2, 0.25) is 0 Å². The topological polar surface area (TPSA) is 92.8 Å². The van der Waals surface area contributed by atoms with Gasteiger partial charge in [-0.15, -0.1) is 0 Å². The lowest BCUT2D eigenvalue weighted by atomic mass is 10.1. The third-order valence-corrected chi connectivity index (χ3v) is 6.21. The molecule has 1 aliphatic rings. The Hall–Kier alpha value is -2.87. The number of benzene rings is 2. The molecule has 0 saturated carbocycles. The van der Waals surface area contributed by atoms with E-state index in [9.17, 15) is 18.0 Å². The van der Waals surface area contributed by atoms with E-state index in [0.29, 0.717) is 24.3 Å². The van der Waals surface area contributed by atoms with Crippen molar-refractivity contribution >= 4 is 33.3 Å². The molecule has 27 heavy (non-hydrogen) atoms. The van der Waals surface area contributed by atoms with E-state index in [-0.39, 0.29) is 16.9 Å². The van der Waals surface area contributed by atoms with Crippen LogP contribution < -0.4 is 9.62 Å². The fourth-order valence-electron chi connectivity index (χ4n) is 2.96. The number of sulfonamides is 1. The normalized spacial score (nSPS) is 15.8. The Morgan fingerprint density at radius 1 is 1.00 bits per heavy atom. The minimum absolute atomic E-state index is 0.149. The Bertz CT molecular complexity index is 954. The van der Waals surface area contributed by atoms with Crippen LogP contribution in [0.5, 0.6) is 0 Å². The maximum absolute atomic E-state index is 12.5. The van der Waals surface area contributed by atoms with Gasteiger partial charge in [0.2, 0.25) is 10.0 Å². The van der Waals surface area contributed by atoms with Crippen molar-refractivity contribution in [3.63, 3.8) is 0 Å². The second-order valence-electron chi connectivity index (χ2n) is 6.13. The average Bonchev–Trinajstić information content (AvgIpc) is 2.68. The first kappa shape index (κ1) is 18.9. The minimum atomic E-state index is -3.28. The summed E-state index contributed by atoms with van der Waals surface area (Å²) in [6.45, 7) is 0.459. The molecule has 8 heteroatoms. The molecule has 1 aliphatic heterocycles. The number of nitrogens with one attached hydrogen (secondary N) is 1. The smallest absolute Gasteiger partial charge is 0.338 e. The Balaban J connectivity index is 1.78. The van der Waals surface area contributed by atoms with Crippen LogP contribution in [-0.2, 0) is 14.8 Å². The van der Waals surface area contributed by atoms with Crippen molar-refractivity contribution in [3.05, 3.63) is 59.7 Å². The molecule has 0 aromatic heterocycles. The van der Waals surface area contributed by atoms with Crippen molar-refractivity contribution in [2.45, 2.75) is 12.8 Å². The second-order valence-corrected chi connectivity index (χ2v) is 8.15. The largest absolute Gasteiger partial charge is 0.465 e. The summed E-state index contributed by atoms with van der Waals surface area (Å²) in [7, 11) is -2.02. The first-order valence-corrected chi connectivity index (χ1v) is 10.1. The summed E-state index contributed by atoms with van der Waals surface area (Å²) >= 11 is 0. The van der Waals surface area contributed by atoms with Gasteiger partial charge in [0.05, 0.1) is 29.7 Å². The Morgan fingerprint density at radius 3 is 2.30 bits per heavy atom. The molecule has 0 atom stereocenters. The van der Waals surface area contributed by atoms with E-state index < -0.39 is 21.9 Å². The van der Waals surface area contributed by atoms with E-state index in [4.69, 9.17) is 4.74 Å². The first-order chi connectivity index (χ1) is 12.9. The quantitative estimate of drug-likeness (QED) is 0.813. The van der Waals surface area contributed by atoms with Crippen LogP contribution in [0.15, 0.2) is 48.5 Å². The van der Waals surface area contributed by atoms with E-state index in [1.54, 1.807) is 36.4 Å². The molecule has 1 fully saturated rings. The molecule has 0 unspecified atom stereocenters. The molecular weight excluding hydrogens is 368 g/mol. The molecule has 1 amide bonds. The summed E-state index contributed by atoms with van der Waals surface area (Å²) in [4.78, 5) is 24.3. The molecule has 0 radical (unpaired) electrons. The highest BCUT2D eigenvalue weighted by Gasteiger charge is 2.26. The molecule has 0 bridgehead atoms. The number of hydrogen-bond donors (Lipinski definition) is 1. The lowest BCUT2D eigenvalue weighted by molar-refractivity contribution is 0.0597. The van der Waals surface area contributed by atoms with Gasteiger partial charge < -0.3 is 10.1 Å². The zero-order chi connectivity index (χ0) is 19.4. The van der Waals surface area contributed by atoms with Gasteiger partial charge in [-0.3, -0.25) is 9.10 Å². The van der Waals surface area contributed by atoms with Crippen LogP contribution in [0.25, 0.3) is 0 Å². The molecule has 2 aromatic rings. The fourth-order valence-corrected chi connectivity index (χ4v) is 4.60. The molecule has 0 aliphatic carbocycles. The summed E-state index contributed by atoms with van der Waals surface area (Å²) < 4.78 is 30.4. The number of esters is 1. The van der Waals surface area contributed by atoms with Crippen LogP contribution >= 0.6 is 0 Å². The molecule has 7 nitrogen and oxygen atoms in total. The van der Waals surface area contributed by atoms with Gasteiger partial charge in [-0.05, 0) is 49.2 Å². The highest BCUT2D eigenvalue weighted by Crippen LogP contribution is 2.25. The van der Waals surface area contributed by atoms with E-state index in [1.165, 1.54) is 23.5 Å². The summed E-state index contributed by atoms with van der Waals surface area (Å²) in [5, 5.41) is 2.71. The number of nitrogens with zero attached hydrogens (tertiary/aromatic N) is 1. The number of carbonyl (C=O) groups is 2. The molecule has 142 valence electrons. The average molecular weight is 388 g/mol. The molecular formula is C19H20N2O5S. The van der Waals surface area contributed by atoms with Gasteiger partial charge in [0.15, 0.2) is 0 Å². The van der Waals surface area contributed by atoms with E-state index >= 15 is 0 Å². The zero-order valence-corrected chi connectivity index (χ0v) is 15.7. The van der Waals surface area contributed by atoms with E-state index in [1.807, 2.05) is 0 Å². The number of carbonyl (C=O) groups excluding carboxylic acids is 2. The van der Waals surface area contributed by atoms with Crippen LogP contribution in [0.4, 0.5) is 11.4 Å². The molecule has 1 N–H and O–H groups in total. The van der Waals surface area contributed by atoms with Crippen LogP contribution in [-0.4, -0.2) is 39.7 Å². The van der Waals surface area contributed by atoms with Gasteiger partial charge in [-0.1, -0.05) is 12.1 Å². The highest BCUT2D eigenvalue weighted by atomic mass is 32.2. The van der Waals surface area contributed by atoms with Crippen LogP contribution in [0.3, 0.4) is 0 Å². The van der Waals surface area contributed by atoms with Gasteiger partial charge >= 0.3 is 5.97 Å². The third-order valence-electron chi connectivity index (χ3n) is 4.34. The van der Waals surface area contributed by atoms with Crippen molar-refractivity contribution in [2.24, 2.45) is 0 Å². The maximum atomic E-state index is 12.5. The minimum Gasteiger partial charge on any atom is -0.465 e. The van der Waals surface area contributed by atoms with Crippen molar-refractivity contribution in [1.82, 2.24) is 0 Å². The van der Waals surface area contributed by atoms with Gasteiger partial charge in [-0.2, -0.15) is 0 Å². The number of methoxy groups -OCH3 is 1. The Morgan fingerprint density at radius 2 is 1.67 bits per heavy atom. The third kappa shape index (κ3) is 4.11. The maximum Gasteiger partial charge on any atom is 0.338 e. The first-order valence-electron chi connectivity index (χ1n) is 8.51. The Kier molecular flexibility index (Phi) is 5.46. The van der Waals surface area contributed by atoms with Crippen molar-refractivity contribution in [1.29, 1.82) is 0 Å². The van der Waals surface area contributed by atoms with Crippen molar-refractivity contribution in [2.75, 3.05) is 29.0 Å². The lowest BCUT2D eigenvalue weighted by Gasteiger charge is -2.28. The summed E-state index contributed by atoms with van der Waals surface area (Å²) in [5.41, 5.74) is 1.45. The zero-order valence-electron chi connectivity index (χ0n) is 14.8. The highest BCUT2D eigenvalue weighted by molar-refractivity contribution is 7.92. The van der Waals surface area contributed by atoms with E-state index in [0.717, 1.165) is 6.42 Å². The van der Waals surface area contributed by atoms with Crippen LogP contribution in [0, 0.1) is 0 Å². The number of anilines is 2. The summed E-state index contributed by atoms with van der Waals surface area (Å²) in [6, 6.07) is 13.0. The fraction of sp³-hybridized carbons (Fsp3) is 0.263. The van der Waals surface area contributed by atoms with E-state index in [2.05, 4.69) is 5.32 Å². The number of hydrogen-bond acceptors (Lipinski definition) is 5. The van der Waals surface area contributed by atoms with Gasteiger partial charge in [-0.25, -0.2) is 13.2 Å². The Labute approximate surface area is 158 Å². The predicted molar refractivity (Wildman–Crippen MR) is 103 cm³/mol. The summed E-state index contributed by atoms with van der Waals surface area (Å²) in [6.07, 6.45) is 1.49. The van der Waals surface area contributed by atoms with Crippen LogP contribution in [0.1, 0.15) is 33.6 Å². The van der Waals surface area contributed by atoms with Gasteiger partial charge in [0, 0.05) is 12.2 Å². The lowest BCUT2D eigenvalue weighted by Crippen LogP contribution is -2.37. The molecule has 3 rings (SSSR count). The van der Waals surface area contributed by atoms with Gasteiger partial charge in [0.25, 0.3) is 5.91 Å². The number of ether oxygens (including phenoxy) is 1. The number of rotatable bonds is 4. The summed E-state index contributed by atoms with van der Waals surface area (Å²) in [5.74, 6) is -0.892. The molecule has 0 spiro atoms. The SMILES string of the molecule is COC(=O)c1ccccc1C(=O)Nc1ccc(N2CCCCS2(=O)=O)cc1. The second kappa shape index (κ2) is 7.79. The van der Waals surface area contributed by atoms with Crippen molar-refractivity contribution in [3.8, 4) is 0 Å². The van der Waals surface area contributed by atoms with Crippen molar-refractivity contribution < 1.29 is 22.7 Å². The molecule has 2 aromatic carbocycles. The monoisotopic (exact) mass is 388 g/mol. The molecule has 1 heterocycles.